The van der Waals surface area contributed by atoms with E-state index >= 15 is 0 Å². The second kappa shape index (κ2) is 6.20. The molecule has 7 nitrogen and oxygen atoms in total. The second-order valence-electron chi connectivity index (χ2n) is 7.05. The molecule has 0 atom stereocenters. The van der Waals surface area contributed by atoms with E-state index in [0.29, 0.717) is 11.6 Å². The van der Waals surface area contributed by atoms with E-state index < -0.39 is 11.7 Å². The summed E-state index contributed by atoms with van der Waals surface area (Å²) in [5.74, 6) is 0.787. The topological polar surface area (TPSA) is 92.2 Å². The normalized spacial score (nSPS) is 14.0. The highest BCUT2D eigenvalue weighted by molar-refractivity contribution is 5.95. The molecule has 0 bridgehead atoms. The number of pyridine rings is 1. The van der Waals surface area contributed by atoms with Crippen molar-refractivity contribution in [3.05, 3.63) is 35.5 Å². The van der Waals surface area contributed by atoms with Crippen LogP contribution in [0.25, 0.3) is 0 Å². The molecule has 0 aromatic carbocycles. The number of ether oxygens (including phenoxy) is 1. The van der Waals surface area contributed by atoms with Crippen molar-refractivity contribution >= 4 is 17.8 Å². The molecule has 0 aliphatic heterocycles. The summed E-state index contributed by atoms with van der Waals surface area (Å²) in [6.45, 7) is 7.04. The van der Waals surface area contributed by atoms with E-state index in [-0.39, 0.29) is 17.3 Å². The van der Waals surface area contributed by atoms with Crippen molar-refractivity contribution in [2.45, 2.75) is 52.1 Å². The lowest BCUT2D eigenvalue weighted by molar-refractivity contribution is 0.0592. The molecule has 2 aromatic rings. The monoisotopic (exact) mass is 340 g/mol. The third-order valence-electron chi connectivity index (χ3n) is 3.72. The number of rotatable bonds is 3. The second-order valence-corrected chi connectivity index (χ2v) is 7.05. The molecule has 0 spiro atoms. The maximum Gasteiger partial charge on any atom is 0.423 e. The number of hydrogen-bond acceptors (Lipinski definition) is 6. The predicted octanol–water partition coefficient (Wildman–Crippen LogP) is 4.20. The van der Waals surface area contributed by atoms with E-state index in [1.54, 1.807) is 33.8 Å². The Bertz CT molecular complexity index is 841. The van der Waals surface area contributed by atoms with E-state index in [4.69, 9.17) is 9.15 Å². The van der Waals surface area contributed by atoms with Crippen LogP contribution in [0.5, 0.6) is 0 Å². The van der Waals surface area contributed by atoms with Gasteiger partial charge in [-0.2, -0.15) is 10.2 Å². The van der Waals surface area contributed by atoms with Crippen molar-refractivity contribution in [3.8, 4) is 6.07 Å². The van der Waals surface area contributed by atoms with Crippen LogP contribution in [0.1, 0.15) is 56.5 Å². The Morgan fingerprint density at radius 1 is 1.40 bits per heavy atom. The molecule has 1 amide bonds. The smallest absolute Gasteiger partial charge is 0.423 e. The molecule has 1 aliphatic rings. The molecule has 0 unspecified atom stereocenters. The van der Waals surface area contributed by atoms with Crippen LogP contribution in [-0.4, -0.2) is 21.7 Å². The van der Waals surface area contributed by atoms with E-state index in [2.05, 4.69) is 16.0 Å². The molecule has 3 rings (SSSR count). The minimum absolute atomic E-state index is 0.200. The summed E-state index contributed by atoms with van der Waals surface area (Å²) in [4.78, 5) is 22.6. The highest BCUT2D eigenvalue weighted by Gasteiger charge is 2.33. The SMILES string of the molecule is Cc1ncoc1N(C(=O)OC(C)(C)C)c1nc(C2CC2)ccc1C#N. The van der Waals surface area contributed by atoms with Gasteiger partial charge in [0.05, 0.1) is 5.56 Å². The molecule has 7 heteroatoms. The minimum atomic E-state index is -0.704. The van der Waals surface area contributed by atoms with Crippen LogP contribution in [0.2, 0.25) is 0 Å². The van der Waals surface area contributed by atoms with Crippen molar-refractivity contribution < 1.29 is 13.9 Å². The molecular formula is C18H20N4O3. The first-order valence-electron chi connectivity index (χ1n) is 8.14. The van der Waals surface area contributed by atoms with Crippen LogP contribution < -0.4 is 4.90 Å². The van der Waals surface area contributed by atoms with Crippen LogP contribution in [0, 0.1) is 18.3 Å². The number of anilines is 2. The summed E-state index contributed by atoms with van der Waals surface area (Å²) >= 11 is 0. The zero-order valence-electron chi connectivity index (χ0n) is 14.7. The van der Waals surface area contributed by atoms with Crippen molar-refractivity contribution in [2.24, 2.45) is 0 Å². The largest absolute Gasteiger partial charge is 0.443 e. The molecular weight excluding hydrogens is 320 g/mol. The van der Waals surface area contributed by atoms with Gasteiger partial charge in [0.1, 0.15) is 17.4 Å². The van der Waals surface area contributed by atoms with Crippen molar-refractivity contribution in [2.75, 3.05) is 4.90 Å². The molecule has 2 aromatic heterocycles. The van der Waals surface area contributed by atoms with Gasteiger partial charge in [-0.15, -0.1) is 0 Å². The minimum Gasteiger partial charge on any atom is -0.443 e. The highest BCUT2D eigenvalue weighted by Crippen LogP contribution is 2.41. The fourth-order valence-corrected chi connectivity index (χ4v) is 2.41. The molecule has 25 heavy (non-hydrogen) atoms. The van der Waals surface area contributed by atoms with E-state index in [9.17, 15) is 10.1 Å². The van der Waals surface area contributed by atoms with Crippen molar-refractivity contribution in [1.82, 2.24) is 9.97 Å². The number of hydrogen-bond donors (Lipinski definition) is 0. The molecule has 2 heterocycles. The van der Waals surface area contributed by atoms with Crippen molar-refractivity contribution in [1.29, 1.82) is 5.26 Å². The first-order valence-corrected chi connectivity index (χ1v) is 8.14. The van der Waals surface area contributed by atoms with Crippen molar-refractivity contribution in [3.63, 3.8) is 0 Å². The van der Waals surface area contributed by atoms with Crippen LogP contribution in [0.3, 0.4) is 0 Å². The zero-order chi connectivity index (χ0) is 18.2. The van der Waals surface area contributed by atoms with Gasteiger partial charge in [-0.05, 0) is 52.7 Å². The molecule has 1 saturated carbocycles. The Labute approximate surface area is 146 Å². The summed E-state index contributed by atoms with van der Waals surface area (Å²) in [5, 5.41) is 9.48. The Kier molecular flexibility index (Phi) is 4.21. The van der Waals surface area contributed by atoms with Gasteiger partial charge in [-0.3, -0.25) is 0 Å². The summed E-state index contributed by atoms with van der Waals surface area (Å²) in [5.41, 5.74) is 0.934. The maximum atomic E-state index is 12.8. The first-order chi connectivity index (χ1) is 11.8. The number of carbonyl (C=O) groups excluding carboxylic acids is 1. The van der Waals surface area contributed by atoms with Gasteiger partial charge in [0, 0.05) is 11.6 Å². The number of aryl methyl sites for hydroxylation is 1. The quantitative estimate of drug-likeness (QED) is 0.831. The van der Waals surface area contributed by atoms with Gasteiger partial charge in [0.15, 0.2) is 12.2 Å². The number of amides is 1. The van der Waals surface area contributed by atoms with Crippen LogP contribution >= 0.6 is 0 Å². The molecule has 0 saturated heterocycles. The Hall–Kier alpha value is -2.88. The number of aromatic nitrogens is 2. The molecule has 0 N–H and O–H groups in total. The summed E-state index contributed by atoms with van der Waals surface area (Å²) in [6, 6.07) is 5.60. The van der Waals surface area contributed by atoms with E-state index in [1.807, 2.05) is 6.07 Å². The van der Waals surface area contributed by atoms with Gasteiger partial charge in [-0.1, -0.05) is 0 Å². The number of oxazole rings is 1. The van der Waals surface area contributed by atoms with Gasteiger partial charge >= 0.3 is 6.09 Å². The third kappa shape index (κ3) is 3.63. The molecule has 130 valence electrons. The Morgan fingerprint density at radius 2 is 2.12 bits per heavy atom. The number of carbonyl (C=O) groups is 1. The average molecular weight is 340 g/mol. The first kappa shape index (κ1) is 17.0. The lowest BCUT2D eigenvalue weighted by atomic mass is 10.2. The lowest BCUT2D eigenvalue weighted by Crippen LogP contribution is -2.35. The Morgan fingerprint density at radius 3 is 2.64 bits per heavy atom. The number of nitrogens with zero attached hydrogens (tertiary/aromatic N) is 4. The standard InChI is InChI=1S/C18H20N4O3/c1-11-16(24-10-20-11)22(17(23)25-18(2,3)4)15-13(9-19)7-8-14(21-15)12-5-6-12/h7-8,10,12H,5-6H2,1-4H3. The van der Waals surface area contributed by atoms with Crippen LogP contribution in [-0.2, 0) is 4.74 Å². The highest BCUT2D eigenvalue weighted by atomic mass is 16.6. The fraction of sp³-hybridized carbons (Fsp3) is 0.444. The average Bonchev–Trinajstić information content (AvgIpc) is 3.30. The maximum absolute atomic E-state index is 12.8. The predicted molar refractivity (Wildman–Crippen MR) is 90.5 cm³/mol. The van der Waals surface area contributed by atoms with Gasteiger partial charge in [-0.25, -0.2) is 14.8 Å². The van der Waals surface area contributed by atoms with Crippen LogP contribution in [0.15, 0.2) is 22.9 Å². The summed E-state index contributed by atoms with van der Waals surface area (Å²) in [7, 11) is 0. The summed E-state index contributed by atoms with van der Waals surface area (Å²) in [6.07, 6.45) is 2.71. The van der Waals surface area contributed by atoms with Gasteiger partial charge in [0.25, 0.3) is 0 Å². The zero-order valence-corrected chi connectivity index (χ0v) is 14.7. The molecule has 1 fully saturated rings. The van der Waals surface area contributed by atoms with E-state index in [0.717, 1.165) is 18.5 Å². The lowest BCUT2D eigenvalue weighted by Gasteiger charge is -2.26. The van der Waals surface area contributed by atoms with Crippen LogP contribution in [0.4, 0.5) is 16.5 Å². The third-order valence-corrected chi connectivity index (χ3v) is 3.72. The Balaban J connectivity index is 2.11. The van der Waals surface area contributed by atoms with Gasteiger partial charge in [0.2, 0.25) is 5.88 Å². The summed E-state index contributed by atoms with van der Waals surface area (Å²) < 4.78 is 10.9. The van der Waals surface area contributed by atoms with E-state index in [1.165, 1.54) is 11.3 Å². The number of nitriles is 1. The fourth-order valence-electron chi connectivity index (χ4n) is 2.41. The molecule has 1 aliphatic carbocycles. The van der Waals surface area contributed by atoms with Gasteiger partial charge < -0.3 is 9.15 Å². The molecule has 0 radical (unpaired) electrons.